The molecule has 2 aromatic heterocycles. The summed E-state index contributed by atoms with van der Waals surface area (Å²) < 4.78 is 52.8. The van der Waals surface area contributed by atoms with Crippen LogP contribution in [-0.4, -0.2) is 59.0 Å². The summed E-state index contributed by atoms with van der Waals surface area (Å²) in [5, 5.41) is 8.79. The largest absolute Gasteiger partial charge is 0.335 e. The number of pyridine rings is 1. The molecule has 2 atom stereocenters. The van der Waals surface area contributed by atoms with Crippen LogP contribution in [0, 0.1) is 17.0 Å². The lowest BCUT2D eigenvalue weighted by Crippen LogP contribution is -2.44. The molecule has 38 heavy (non-hydrogen) atoms. The number of benzene rings is 1. The fourth-order valence-electron chi connectivity index (χ4n) is 6.06. The molecule has 1 amide bonds. The molecule has 7 nitrogen and oxygen atoms in total. The Balaban J connectivity index is 1.59. The molecular formula is C28H30F2N4O3S. The van der Waals surface area contributed by atoms with Gasteiger partial charge in [0.25, 0.3) is 5.91 Å². The van der Waals surface area contributed by atoms with Crippen molar-refractivity contribution >= 4 is 15.7 Å². The van der Waals surface area contributed by atoms with Crippen molar-refractivity contribution in [2.24, 2.45) is 5.41 Å². The van der Waals surface area contributed by atoms with E-state index in [0.717, 1.165) is 12.0 Å². The van der Waals surface area contributed by atoms with E-state index in [1.807, 2.05) is 13.0 Å². The molecule has 5 rings (SSSR count). The number of rotatable bonds is 4. The van der Waals surface area contributed by atoms with Crippen molar-refractivity contribution in [3.63, 3.8) is 0 Å². The number of sulfone groups is 1. The molecule has 0 bridgehead atoms. The van der Waals surface area contributed by atoms with E-state index in [2.05, 4.69) is 31.0 Å². The third-order valence-electron chi connectivity index (χ3n) is 8.57. The van der Waals surface area contributed by atoms with Gasteiger partial charge in [-0.1, -0.05) is 32.9 Å². The minimum atomic E-state index is -3.13. The van der Waals surface area contributed by atoms with Crippen LogP contribution in [0.1, 0.15) is 67.5 Å². The van der Waals surface area contributed by atoms with Gasteiger partial charge in [-0.25, -0.2) is 22.2 Å². The second-order valence-corrected chi connectivity index (χ2v) is 13.1. The molecule has 0 radical (unpaired) electrons. The topological polar surface area (TPSA) is 93.1 Å². The van der Waals surface area contributed by atoms with Gasteiger partial charge in [0.15, 0.2) is 9.84 Å². The SMILES string of the molecule is CCC1c2cc(-c3c(F)cccc3F)nnc2C(C)(c2cccc(C(=O)N3CCS(=O)(=O)CC3)n2)C1(C)C. The molecule has 3 heterocycles. The second kappa shape index (κ2) is 9.18. The maximum Gasteiger partial charge on any atom is 0.272 e. The number of fused-ring (bicyclic) bond motifs is 1. The highest BCUT2D eigenvalue weighted by Crippen LogP contribution is 2.61. The van der Waals surface area contributed by atoms with Gasteiger partial charge in [0.1, 0.15) is 17.3 Å². The average molecular weight is 541 g/mol. The molecule has 2 unspecified atom stereocenters. The summed E-state index contributed by atoms with van der Waals surface area (Å²) in [6.07, 6.45) is 0.751. The minimum Gasteiger partial charge on any atom is -0.335 e. The molecule has 0 N–H and O–H groups in total. The summed E-state index contributed by atoms with van der Waals surface area (Å²) in [6.45, 7) is 8.57. The summed E-state index contributed by atoms with van der Waals surface area (Å²) in [6, 6.07) is 10.7. The first-order valence-corrected chi connectivity index (χ1v) is 14.5. The van der Waals surface area contributed by atoms with Gasteiger partial charge in [-0.3, -0.25) is 4.79 Å². The molecule has 0 saturated carbocycles. The molecule has 1 aliphatic carbocycles. The van der Waals surface area contributed by atoms with Crippen LogP contribution < -0.4 is 0 Å². The van der Waals surface area contributed by atoms with E-state index >= 15 is 0 Å². The van der Waals surface area contributed by atoms with Gasteiger partial charge >= 0.3 is 0 Å². The first-order valence-electron chi connectivity index (χ1n) is 12.7. The highest BCUT2D eigenvalue weighted by atomic mass is 32.2. The van der Waals surface area contributed by atoms with Gasteiger partial charge in [-0.15, -0.1) is 5.10 Å². The van der Waals surface area contributed by atoms with E-state index in [4.69, 9.17) is 4.98 Å². The van der Waals surface area contributed by atoms with Gasteiger partial charge in [0, 0.05) is 13.1 Å². The van der Waals surface area contributed by atoms with E-state index in [1.54, 1.807) is 18.2 Å². The Morgan fingerprint density at radius 1 is 1.03 bits per heavy atom. The first kappa shape index (κ1) is 26.3. The lowest BCUT2D eigenvalue weighted by molar-refractivity contribution is 0.0763. The maximum atomic E-state index is 14.6. The lowest BCUT2D eigenvalue weighted by atomic mass is 9.62. The second-order valence-electron chi connectivity index (χ2n) is 10.8. The molecule has 200 valence electrons. The quantitative estimate of drug-likeness (QED) is 0.483. The number of carbonyl (C=O) groups is 1. The Kier molecular flexibility index (Phi) is 6.37. The number of carbonyl (C=O) groups excluding carboxylic acids is 1. The van der Waals surface area contributed by atoms with Crippen LogP contribution in [0.15, 0.2) is 42.5 Å². The fourth-order valence-corrected chi connectivity index (χ4v) is 7.26. The van der Waals surface area contributed by atoms with E-state index in [-0.39, 0.29) is 53.4 Å². The van der Waals surface area contributed by atoms with Crippen LogP contribution in [0.25, 0.3) is 11.3 Å². The van der Waals surface area contributed by atoms with E-state index in [9.17, 15) is 22.0 Å². The molecule has 0 spiro atoms. The Labute approximate surface area is 221 Å². The molecule has 1 aliphatic heterocycles. The van der Waals surface area contributed by atoms with Crippen molar-refractivity contribution in [3.8, 4) is 11.3 Å². The Morgan fingerprint density at radius 2 is 1.66 bits per heavy atom. The van der Waals surface area contributed by atoms with Crippen LogP contribution in [0.5, 0.6) is 0 Å². The minimum absolute atomic E-state index is 0.0138. The van der Waals surface area contributed by atoms with Crippen molar-refractivity contribution in [1.82, 2.24) is 20.1 Å². The fraction of sp³-hybridized carbons (Fsp3) is 0.429. The van der Waals surface area contributed by atoms with Crippen molar-refractivity contribution in [2.45, 2.75) is 45.4 Å². The van der Waals surface area contributed by atoms with Gasteiger partial charge < -0.3 is 4.90 Å². The van der Waals surface area contributed by atoms with E-state index in [1.165, 1.54) is 23.1 Å². The van der Waals surface area contributed by atoms with Crippen LogP contribution in [-0.2, 0) is 15.3 Å². The zero-order valence-electron chi connectivity index (χ0n) is 21.8. The summed E-state index contributed by atoms with van der Waals surface area (Å²) in [7, 11) is -3.13. The highest BCUT2D eigenvalue weighted by Gasteiger charge is 2.57. The summed E-state index contributed by atoms with van der Waals surface area (Å²) in [5.41, 5.74) is 1.12. The maximum absolute atomic E-state index is 14.6. The molecule has 1 saturated heterocycles. The zero-order chi connectivity index (χ0) is 27.5. The molecular weight excluding hydrogens is 510 g/mol. The number of hydrogen-bond acceptors (Lipinski definition) is 6. The zero-order valence-corrected chi connectivity index (χ0v) is 22.6. The predicted molar refractivity (Wildman–Crippen MR) is 139 cm³/mol. The number of amides is 1. The molecule has 3 aromatic rings. The Morgan fingerprint density at radius 3 is 2.29 bits per heavy atom. The molecule has 2 aliphatic rings. The van der Waals surface area contributed by atoms with E-state index in [0.29, 0.717) is 11.4 Å². The van der Waals surface area contributed by atoms with Crippen LogP contribution >= 0.6 is 0 Å². The summed E-state index contributed by atoms with van der Waals surface area (Å²) >= 11 is 0. The summed E-state index contributed by atoms with van der Waals surface area (Å²) in [4.78, 5) is 19.5. The van der Waals surface area contributed by atoms with Gasteiger partial charge in [-0.05, 0) is 60.6 Å². The van der Waals surface area contributed by atoms with Crippen LogP contribution in [0.2, 0.25) is 0 Å². The standard InChI is InChI=1S/C28H30F2N4O3S/c1-5-18-17-16-22(24-19(29)8-6-9-20(24)30)32-33-25(17)28(4,27(18,2)3)23-11-7-10-21(31-23)26(35)34-12-14-38(36,37)15-13-34/h6-11,16,18H,5,12-15H2,1-4H3. The number of hydrogen-bond donors (Lipinski definition) is 0. The highest BCUT2D eigenvalue weighted by molar-refractivity contribution is 7.91. The first-order chi connectivity index (χ1) is 17.9. The summed E-state index contributed by atoms with van der Waals surface area (Å²) in [5.74, 6) is -1.86. The molecule has 1 aromatic carbocycles. The number of halogens is 2. The Bertz CT molecular complexity index is 1510. The van der Waals surface area contributed by atoms with Gasteiger partial charge in [0.2, 0.25) is 0 Å². The van der Waals surface area contributed by atoms with Gasteiger partial charge in [-0.2, -0.15) is 5.10 Å². The van der Waals surface area contributed by atoms with Crippen LogP contribution in [0.4, 0.5) is 8.78 Å². The predicted octanol–water partition coefficient (Wildman–Crippen LogP) is 4.53. The van der Waals surface area contributed by atoms with Gasteiger partial charge in [0.05, 0.1) is 39.6 Å². The van der Waals surface area contributed by atoms with Crippen molar-refractivity contribution in [1.29, 1.82) is 0 Å². The normalized spacial score (nSPS) is 23.7. The lowest BCUT2D eigenvalue weighted by Gasteiger charge is -2.41. The van der Waals surface area contributed by atoms with Crippen LogP contribution in [0.3, 0.4) is 0 Å². The monoisotopic (exact) mass is 540 g/mol. The number of nitrogens with zero attached hydrogens (tertiary/aromatic N) is 4. The third-order valence-corrected chi connectivity index (χ3v) is 10.2. The Hall–Kier alpha value is -3.27. The number of aromatic nitrogens is 3. The van der Waals surface area contributed by atoms with Crippen molar-refractivity contribution in [2.75, 3.05) is 24.6 Å². The van der Waals surface area contributed by atoms with Crippen molar-refractivity contribution < 1.29 is 22.0 Å². The third kappa shape index (κ3) is 4.00. The van der Waals surface area contributed by atoms with Crippen molar-refractivity contribution in [3.05, 3.63) is 76.7 Å². The molecule has 10 heteroatoms. The average Bonchev–Trinajstić information content (AvgIpc) is 3.05. The van der Waals surface area contributed by atoms with E-state index < -0.39 is 32.3 Å². The molecule has 1 fully saturated rings. The smallest absolute Gasteiger partial charge is 0.272 e.